The Hall–Kier alpha value is -4.02. The Morgan fingerprint density at radius 3 is 2.75 bits per heavy atom. The number of hydrogen-bond acceptors (Lipinski definition) is 8. The molecule has 7 rings (SSSR count). The third kappa shape index (κ3) is 3.18. The number of nitrogens with zero attached hydrogens (tertiary/aromatic N) is 3. The largest absolute Gasteiger partial charge is 0.454 e. The van der Waals surface area contributed by atoms with Gasteiger partial charge < -0.3 is 9.47 Å². The van der Waals surface area contributed by atoms with Crippen LogP contribution in [0.4, 0.5) is 5.69 Å². The topological polar surface area (TPSA) is 96.0 Å². The van der Waals surface area contributed by atoms with Crippen molar-refractivity contribution in [3.05, 3.63) is 111 Å². The third-order valence-electron chi connectivity index (χ3n) is 6.69. The molecular formula is C26H17N3O5S2. The van der Waals surface area contributed by atoms with E-state index in [1.165, 1.54) is 23.0 Å². The van der Waals surface area contributed by atoms with E-state index in [1.54, 1.807) is 28.0 Å². The lowest BCUT2D eigenvalue weighted by molar-refractivity contribution is -0.385. The number of nitro benzene ring substituents is 1. The van der Waals surface area contributed by atoms with Crippen molar-refractivity contribution in [1.29, 1.82) is 0 Å². The highest BCUT2D eigenvalue weighted by Gasteiger charge is 2.33. The molecule has 0 N–H and O–H groups in total. The van der Waals surface area contributed by atoms with E-state index in [0.29, 0.717) is 20.8 Å². The molecule has 0 amide bonds. The van der Waals surface area contributed by atoms with Crippen molar-refractivity contribution >= 4 is 40.1 Å². The molecule has 10 heteroatoms. The van der Waals surface area contributed by atoms with Crippen LogP contribution in [0, 0.1) is 10.1 Å². The average Bonchev–Trinajstić information content (AvgIpc) is 3.63. The second-order valence-electron chi connectivity index (χ2n) is 8.65. The molecule has 3 aliphatic rings. The summed E-state index contributed by atoms with van der Waals surface area (Å²) in [4.78, 5) is 31.7. The first kappa shape index (κ1) is 21.3. The van der Waals surface area contributed by atoms with E-state index in [0.717, 1.165) is 34.6 Å². The monoisotopic (exact) mass is 515 g/mol. The van der Waals surface area contributed by atoms with E-state index in [1.807, 2.05) is 29.6 Å². The average molecular weight is 516 g/mol. The summed E-state index contributed by atoms with van der Waals surface area (Å²) in [6.07, 6.45) is 3.27. The zero-order valence-corrected chi connectivity index (χ0v) is 20.3. The molecule has 1 aliphatic carbocycles. The van der Waals surface area contributed by atoms with Crippen LogP contribution < -0.4 is 24.4 Å². The summed E-state index contributed by atoms with van der Waals surface area (Å²) in [5.74, 6) is 0.743. The summed E-state index contributed by atoms with van der Waals surface area (Å²) in [7, 11) is 0. The van der Waals surface area contributed by atoms with Gasteiger partial charge in [-0.25, -0.2) is 4.99 Å². The van der Waals surface area contributed by atoms with Crippen LogP contribution >= 0.6 is 22.7 Å². The zero-order valence-electron chi connectivity index (χ0n) is 18.7. The number of benzene rings is 2. The first-order valence-electron chi connectivity index (χ1n) is 11.3. The molecule has 1 atom stereocenters. The molecule has 178 valence electrons. The highest BCUT2D eigenvalue weighted by Crippen LogP contribution is 2.42. The molecule has 1 unspecified atom stereocenters. The Labute approximate surface area is 211 Å². The lowest BCUT2D eigenvalue weighted by Gasteiger charge is -2.30. The van der Waals surface area contributed by atoms with Crippen molar-refractivity contribution in [2.24, 2.45) is 4.99 Å². The number of aromatic nitrogens is 1. The Morgan fingerprint density at radius 2 is 1.94 bits per heavy atom. The summed E-state index contributed by atoms with van der Waals surface area (Å²) in [5.41, 5.74) is 4.34. The van der Waals surface area contributed by atoms with Gasteiger partial charge in [0.25, 0.3) is 11.2 Å². The van der Waals surface area contributed by atoms with Gasteiger partial charge in [-0.05, 0) is 47.6 Å². The normalized spacial score (nSPS) is 17.9. The van der Waals surface area contributed by atoms with Crippen LogP contribution in [0.1, 0.15) is 34.0 Å². The highest BCUT2D eigenvalue weighted by atomic mass is 32.1. The van der Waals surface area contributed by atoms with Gasteiger partial charge in [0.2, 0.25) is 6.79 Å². The number of hydrogen-bond donors (Lipinski definition) is 0. The van der Waals surface area contributed by atoms with Crippen LogP contribution in [0.2, 0.25) is 0 Å². The predicted octanol–water partition coefficient (Wildman–Crippen LogP) is 4.02. The maximum absolute atomic E-state index is 13.8. The molecular weight excluding hydrogens is 498 g/mol. The van der Waals surface area contributed by atoms with Crippen LogP contribution in [0.25, 0.3) is 11.8 Å². The van der Waals surface area contributed by atoms with Gasteiger partial charge in [-0.2, -0.15) is 0 Å². The zero-order chi connectivity index (χ0) is 24.4. The fourth-order valence-electron chi connectivity index (χ4n) is 5.08. The predicted molar refractivity (Wildman–Crippen MR) is 136 cm³/mol. The standard InChI is InChI=1S/C26H17N3O5S2/c30-25-22(11-15-10-19-20(34-13-33-19)12-18(15)29(31)32)36-26-27-23-16-5-2-1-4-14(16)7-8-17(23)24(28(25)26)21-6-3-9-35-21/h1-6,9-12,24H,7-8,13H2. The molecule has 4 heterocycles. The molecule has 2 aromatic carbocycles. The van der Waals surface area contributed by atoms with Gasteiger partial charge in [0.15, 0.2) is 16.3 Å². The second kappa shape index (κ2) is 8.00. The molecule has 2 aliphatic heterocycles. The van der Waals surface area contributed by atoms with Crippen molar-refractivity contribution in [3.8, 4) is 11.5 Å². The van der Waals surface area contributed by atoms with Gasteiger partial charge in [-0.15, -0.1) is 11.3 Å². The maximum Gasteiger partial charge on any atom is 0.280 e. The number of allylic oxidation sites excluding steroid dienone is 1. The molecule has 0 bridgehead atoms. The second-order valence-corrected chi connectivity index (χ2v) is 10.6. The van der Waals surface area contributed by atoms with Gasteiger partial charge in [-0.1, -0.05) is 41.7 Å². The fraction of sp³-hybridized carbons (Fsp3) is 0.154. The van der Waals surface area contributed by atoms with Crippen LogP contribution in [0.5, 0.6) is 11.5 Å². The van der Waals surface area contributed by atoms with Gasteiger partial charge >= 0.3 is 0 Å². The van der Waals surface area contributed by atoms with Crippen molar-refractivity contribution in [2.75, 3.05) is 6.79 Å². The van der Waals surface area contributed by atoms with E-state index in [9.17, 15) is 14.9 Å². The number of nitro groups is 1. The van der Waals surface area contributed by atoms with Crippen LogP contribution in [0.15, 0.2) is 69.3 Å². The van der Waals surface area contributed by atoms with Crippen LogP contribution in [-0.4, -0.2) is 16.3 Å². The minimum atomic E-state index is -0.477. The van der Waals surface area contributed by atoms with Gasteiger partial charge in [0.05, 0.1) is 32.8 Å². The number of aryl methyl sites for hydroxylation is 1. The number of rotatable bonds is 3. The highest BCUT2D eigenvalue weighted by molar-refractivity contribution is 7.10. The van der Waals surface area contributed by atoms with Gasteiger partial charge in [-0.3, -0.25) is 19.5 Å². The minimum Gasteiger partial charge on any atom is -0.454 e. The lowest BCUT2D eigenvalue weighted by Crippen LogP contribution is -2.38. The van der Waals surface area contributed by atoms with Crippen LogP contribution in [-0.2, 0) is 6.42 Å². The minimum absolute atomic E-state index is 0.00592. The Bertz CT molecular complexity index is 1780. The summed E-state index contributed by atoms with van der Waals surface area (Å²) in [6.45, 7) is 0.00592. The van der Waals surface area contributed by atoms with E-state index in [4.69, 9.17) is 14.5 Å². The number of fused-ring (bicyclic) bond motifs is 4. The molecule has 0 fully saturated rings. The van der Waals surface area contributed by atoms with Crippen molar-refractivity contribution in [3.63, 3.8) is 0 Å². The SMILES string of the molecule is O=c1c(=Cc2cc3c(cc2[N+](=O)[O-])OCO3)sc2n1C(c1cccs1)C1=C(N=2)c2ccccc2CC1. The number of thiophene rings is 1. The smallest absolute Gasteiger partial charge is 0.280 e. The molecule has 0 saturated heterocycles. The molecule has 0 radical (unpaired) electrons. The van der Waals surface area contributed by atoms with Crippen molar-refractivity contribution in [2.45, 2.75) is 18.9 Å². The first-order valence-corrected chi connectivity index (χ1v) is 13.0. The first-order chi connectivity index (χ1) is 17.6. The molecule has 36 heavy (non-hydrogen) atoms. The van der Waals surface area contributed by atoms with Gasteiger partial charge in [0.1, 0.15) is 0 Å². The fourth-order valence-corrected chi connectivity index (χ4v) is 6.92. The quantitative estimate of drug-likeness (QED) is 0.303. The Kier molecular flexibility index (Phi) is 4.73. The Balaban J connectivity index is 1.48. The summed E-state index contributed by atoms with van der Waals surface area (Å²) in [5, 5.41) is 13.8. The summed E-state index contributed by atoms with van der Waals surface area (Å²) >= 11 is 2.86. The van der Waals surface area contributed by atoms with Crippen molar-refractivity contribution in [1.82, 2.24) is 4.57 Å². The summed E-state index contributed by atoms with van der Waals surface area (Å²) in [6, 6.07) is 14.9. The van der Waals surface area contributed by atoms with Gasteiger partial charge in [0, 0.05) is 10.4 Å². The molecule has 0 saturated carbocycles. The number of ether oxygens (including phenoxy) is 2. The van der Waals surface area contributed by atoms with Crippen LogP contribution in [0.3, 0.4) is 0 Å². The van der Waals surface area contributed by atoms with E-state index in [-0.39, 0.29) is 29.6 Å². The van der Waals surface area contributed by atoms with E-state index >= 15 is 0 Å². The molecule has 0 spiro atoms. The number of thiazole rings is 1. The third-order valence-corrected chi connectivity index (χ3v) is 8.60. The molecule has 8 nitrogen and oxygen atoms in total. The Morgan fingerprint density at radius 1 is 1.11 bits per heavy atom. The van der Waals surface area contributed by atoms with E-state index in [2.05, 4.69) is 12.1 Å². The van der Waals surface area contributed by atoms with E-state index < -0.39 is 4.92 Å². The maximum atomic E-state index is 13.8. The molecule has 2 aromatic heterocycles. The summed E-state index contributed by atoms with van der Waals surface area (Å²) < 4.78 is 12.8. The van der Waals surface area contributed by atoms with Crippen molar-refractivity contribution < 1.29 is 14.4 Å². The molecule has 4 aromatic rings. The lowest BCUT2D eigenvalue weighted by atomic mass is 9.85.